The SMILES string of the molecule is COc1ccccc1N=C1NC(=O)C(=Cc2ccc(-c3cc(Cl)ccc3Cl)o2)S1. The summed E-state index contributed by atoms with van der Waals surface area (Å²) in [4.78, 5) is 17.3. The Morgan fingerprint density at radius 2 is 1.97 bits per heavy atom. The first-order chi connectivity index (χ1) is 14.0. The zero-order valence-electron chi connectivity index (χ0n) is 15.1. The number of para-hydroxylation sites is 2. The Kier molecular flexibility index (Phi) is 5.67. The molecule has 1 aliphatic heterocycles. The second-order valence-electron chi connectivity index (χ2n) is 5.98. The Morgan fingerprint density at radius 3 is 2.79 bits per heavy atom. The molecule has 0 saturated carbocycles. The van der Waals surface area contributed by atoms with Gasteiger partial charge in [0.2, 0.25) is 0 Å². The molecule has 4 rings (SSSR count). The van der Waals surface area contributed by atoms with E-state index in [0.29, 0.717) is 48.6 Å². The van der Waals surface area contributed by atoms with E-state index in [2.05, 4.69) is 10.3 Å². The van der Waals surface area contributed by atoms with Crippen LogP contribution in [0.2, 0.25) is 10.0 Å². The van der Waals surface area contributed by atoms with Crippen LogP contribution < -0.4 is 10.1 Å². The van der Waals surface area contributed by atoms with Gasteiger partial charge in [0.15, 0.2) is 5.17 Å². The summed E-state index contributed by atoms with van der Waals surface area (Å²) in [5.74, 6) is 1.46. The molecule has 3 aromatic rings. The number of methoxy groups -OCH3 is 1. The van der Waals surface area contributed by atoms with Crippen molar-refractivity contribution < 1.29 is 13.9 Å². The lowest BCUT2D eigenvalue weighted by Gasteiger charge is -2.03. The molecule has 1 aromatic heterocycles. The number of ether oxygens (including phenoxy) is 1. The number of hydrogen-bond acceptors (Lipinski definition) is 5. The van der Waals surface area contributed by atoms with Crippen LogP contribution in [-0.2, 0) is 4.79 Å². The standard InChI is InChI=1S/C21H14Cl2N2O3S/c1-27-18-5-3-2-4-16(18)24-21-25-20(26)19(29-21)11-13-7-9-17(28-13)14-10-12(22)6-8-15(14)23/h2-11H,1H3,(H,24,25,26). The van der Waals surface area contributed by atoms with Gasteiger partial charge in [-0.1, -0.05) is 35.3 Å². The topological polar surface area (TPSA) is 63.8 Å². The smallest absolute Gasteiger partial charge is 0.264 e. The van der Waals surface area contributed by atoms with Gasteiger partial charge in [-0.05, 0) is 54.2 Å². The lowest BCUT2D eigenvalue weighted by atomic mass is 10.2. The Balaban J connectivity index is 1.58. The lowest BCUT2D eigenvalue weighted by molar-refractivity contribution is -0.115. The quantitative estimate of drug-likeness (QED) is 0.489. The number of benzene rings is 2. The molecular weight excluding hydrogens is 431 g/mol. The highest BCUT2D eigenvalue weighted by molar-refractivity contribution is 8.18. The Labute approximate surface area is 181 Å². The number of rotatable bonds is 4. The molecule has 0 radical (unpaired) electrons. The minimum atomic E-state index is -0.248. The van der Waals surface area contributed by atoms with E-state index in [0.717, 1.165) is 0 Å². The minimum Gasteiger partial charge on any atom is -0.494 e. The maximum Gasteiger partial charge on any atom is 0.264 e. The van der Waals surface area contributed by atoms with Crippen LogP contribution in [0.3, 0.4) is 0 Å². The van der Waals surface area contributed by atoms with Gasteiger partial charge in [-0.25, -0.2) is 4.99 Å². The van der Waals surface area contributed by atoms with E-state index < -0.39 is 0 Å². The highest BCUT2D eigenvalue weighted by atomic mass is 35.5. The monoisotopic (exact) mass is 444 g/mol. The van der Waals surface area contributed by atoms with Crippen molar-refractivity contribution in [1.82, 2.24) is 5.32 Å². The van der Waals surface area contributed by atoms with Crippen LogP contribution in [0.15, 0.2) is 68.9 Å². The van der Waals surface area contributed by atoms with Crippen molar-refractivity contribution in [3.8, 4) is 17.1 Å². The molecule has 1 fully saturated rings. The first-order valence-electron chi connectivity index (χ1n) is 8.51. The fraction of sp³-hybridized carbons (Fsp3) is 0.0476. The number of carbonyl (C=O) groups is 1. The summed E-state index contributed by atoms with van der Waals surface area (Å²) in [6, 6.07) is 16.0. The third-order valence-electron chi connectivity index (χ3n) is 4.05. The molecule has 0 bridgehead atoms. The normalized spacial score (nSPS) is 16.4. The van der Waals surface area contributed by atoms with E-state index >= 15 is 0 Å². The van der Waals surface area contributed by atoms with Crippen molar-refractivity contribution in [1.29, 1.82) is 0 Å². The number of nitrogens with zero attached hydrogens (tertiary/aromatic N) is 1. The summed E-state index contributed by atoms with van der Waals surface area (Å²) < 4.78 is 11.1. The maximum atomic E-state index is 12.3. The van der Waals surface area contributed by atoms with Crippen LogP contribution in [0.5, 0.6) is 5.75 Å². The van der Waals surface area contributed by atoms with Gasteiger partial charge in [-0.3, -0.25) is 4.79 Å². The van der Waals surface area contributed by atoms with Crippen LogP contribution in [0, 0.1) is 0 Å². The predicted octanol–water partition coefficient (Wildman–Crippen LogP) is 6.15. The maximum absolute atomic E-state index is 12.3. The van der Waals surface area contributed by atoms with Crippen LogP contribution in [-0.4, -0.2) is 18.2 Å². The zero-order valence-corrected chi connectivity index (χ0v) is 17.4. The van der Waals surface area contributed by atoms with Gasteiger partial charge in [-0.15, -0.1) is 0 Å². The Hall–Kier alpha value is -2.67. The second-order valence-corrected chi connectivity index (χ2v) is 7.85. The van der Waals surface area contributed by atoms with Gasteiger partial charge in [0.05, 0.1) is 17.0 Å². The van der Waals surface area contributed by atoms with E-state index in [4.69, 9.17) is 32.4 Å². The summed E-state index contributed by atoms with van der Waals surface area (Å²) >= 11 is 13.5. The largest absolute Gasteiger partial charge is 0.494 e. The third-order valence-corrected chi connectivity index (χ3v) is 5.53. The fourth-order valence-corrected chi connectivity index (χ4v) is 3.90. The molecule has 0 atom stereocenters. The number of furan rings is 1. The van der Waals surface area contributed by atoms with Crippen LogP contribution in [0.1, 0.15) is 5.76 Å². The second kappa shape index (κ2) is 8.37. The third kappa shape index (κ3) is 4.34. The van der Waals surface area contributed by atoms with Crippen LogP contribution >= 0.6 is 35.0 Å². The molecule has 1 saturated heterocycles. The van der Waals surface area contributed by atoms with Gasteiger partial charge in [0.25, 0.3) is 5.91 Å². The van der Waals surface area contributed by atoms with Crippen molar-refractivity contribution in [2.24, 2.45) is 4.99 Å². The van der Waals surface area contributed by atoms with E-state index in [1.807, 2.05) is 24.3 Å². The molecule has 2 heterocycles. The van der Waals surface area contributed by atoms with Crippen molar-refractivity contribution in [3.63, 3.8) is 0 Å². The first-order valence-corrected chi connectivity index (χ1v) is 10.1. The number of thioether (sulfide) groups is 1. The predicted molar refractivity (Wildman–Crippen MR) is 118 cm³/mol. The van der Waals surface area contributed by atoms with Gasteiger partial charge in [0, 0.05) is 16.7 Å². The fourth-order valence-electron chi connectivity index (χ4n) is 2.70. The molecule has 5 nitrogen and oxygen atoms in total. The molecule has 1 amide bonds. The van der Waals surface area contributed by atoms with Crippen molar-refractivity contribution in [2.75, 3.05) is 7.11 Å². The van der Waals surface area contributed by atoms with Gasteiger partial charge >= 0.3 is 0 Å². The summed E-state index contributed by atoms with van der Waals surface area (Å²) in [5, 5.41) is 4.31. The highest BCUT2D eigenvalue weighted by Crippen LogP contribution is 2.34. The van der Waals surface area contributed by atoms with Crippen LogP contribution in [0.4, 0.5) is 5.69 Å². The molecule has 146 valence electrons. The molecule has 1 aliphatic rings. The molecule has 1 N–H and O–H groups in total. The van der Waals surface area contributed by atoms with Crippen molar-refractivity contribution >= 4 is 57.8 Å². The van der Waals surface area contributed by atoms with Crippen LogP contribution in [0.25, 0.3) is 17.4 Å². The van der Waals surface area contributed by atoms with Gasteiger partial charge < -0.3 is 14.5 Å². The summed E-state index contributed by atoms with van der Waals surface area (Å²) in [6.07, 6.45) is 1.66. The number of hydrogen-bond donors (Lipinski definition) is 1. The number of halogens is 2. The van der Waals surface area contributed by atoms with Gasteiger partial charge in [-0.2, -0.15) is 0 Å². The van der Waals surface area contributed by atoms with Gasteiger partial charge in [0.1, 0.15) is 23.0 Å². The first kappa shape index (κ1) is 19.6. The van der Waals surface area contributed by atoms with E-state index in [-0.39, 0.29) is 5.91 Å². The average molecular weight is 445 g/mol. The lowest BCUT2D eigenvalue weighted by Crippen LogP contribution is -2.19. The number of aliphatic imine (C=N–C) groups is 1. The minimum absolute atomic E-state index is 0.248. The molecule has 0 aliphatic carbocycles. The average Bonchev–Trinajstić information content (AvgIpc) is 3.31. The molecule has 0 unspecified atom stereocenters. The summed E-state index contributed by atoms with van der Waals surface area (Å²) in [7, 11) is 1.57. The van der Waals surface area contributed by atoms with Crippen molar-refractivity contribution in [3.05, 3.63) is 75.3 Å². The van der Waals surface area contributed by atoms with E-state index in [1.54, 1.807) is 43.5 Å². The van der Waals surface area contributed by atoms with E-state index in [1.165, 1.54) is 11.8 Å². The number of amidine groups is 1. The molecular formula is C21H14Cl2N2O3S. The number of amides is 1. The van der Waals surface area contributed by atoms with Crippen molar-refractivity contribution in [2.45, 2.75) is 0 Å². The molecule has 0 spiro atoms. The molecule has 2 aromatic carbocycles. The zero-order chi connectivity index (χ0) is 20.4. The summed E-state index contributed by atoms with van der Waals surface area (Å²) in [5.41, 5.74) is 1.32. The number of nitrogens with one attached hydrogen (secondary N) is 1. The summed E-state index contributed by atoms with van der Waals surface area (Å²) in [6.45, 7) is 0. The van der Waals surface area contributed by atoms with E-state index in [9.17, 15) is 4.79 Å². The Morgan fingerprint density at radius 1 is 1.14 bits per heavy atom. The molecule has 8 heteroatoms. The number of carbonyl (C=O) groups excluding carboxylic acids is 1. The highest BCUT2D eigenvalue weighted by Gasteiger charge is 2.24. The molecule has 29 heavy (non-hydrogen) atoms. The Bertz CT molecular complexity index is 1150.